The number of hydrogen-bond acceptors (Lipinski definition) is 1. The van der Waals surface area contributed by atoms with Crippen LogP contribution in [0.25, 0.3) is 0 Å². The van der Waals surface area contributed by atoms with E-state index in [9.17, 15) is 0 Å². The molecule has 1 atom stereocenters. The first-order chi connectivity index (χ1) is 6.81. The summed E-state index contributed by atoms with van der Waals surface area (Å²) >= 11 is 0. The second kappa shape index (κ2) is 3.25. The minimum atomic E-state index is 0.357. The molecular weight excluding hydrogens is 158 g/mol. The maximum atomic E-state index is 7.40. The fourth-order valence-corrected chi connectivity index (χ4v) is 1.67. The minimum Gasteiger partial charge on any atom is -0.367 e. The first-order valence-corrected chi connectivity index (χ1v) is 4.58. The van der Waals surface area contributed by atoms with Crippen molar-refractivity contribution in [2.45, 2.75) is 6.90 Å². The molecule has 1 aromatic rings. The Morgan fingerprint density at radius 3 is 2.85 bits per heavy atom. The molecule has 13 heavy (non-hydrogen) atoms. The van der Waals surface area contributed by atoms with E-state index in [1.165, 1.54) is 11.3 Å². The Balaban J connectivity index is 2.13. The Morgan fingerprint density at radius 2 is 2.23 bits per heavy atom. The Kier molecular flexibility index (Phi) is 1.80. The number of rotatable bonds is 1. The lowest BCUT2D eigenvalue weighted by atomic mass is 10.1. The summed E-state index contributed by atoms with van der Waals surface area (Å²) in [6.45, 7) is 6.34. The molecule has 0 bridgehead atoms. The number of nitrogens with zero attached hydrogens (tertiary/aromatic N) is 1. The van der Waals surface area contributed by atoms with Gasteiger partial charge in [0.15, 0.2) is 0 Å². The molecule has 1 heterocycles. The zero-order chi connectivity index (χ0) is 9.97. The lowest BCUT2D eigenvalue weighted by molar-refractivity contribution is 0.759. The van der Waals surface area contributed by atoms with Gasteiger partial charge in [-0.3, -0.25) is 0 Å². The van der Waals surface area contributed by atoms with Crippen molar-refractivity contribution in [3.8, 4) is 0 Å². The van der Waals surface area contributed by atoms with Gasteiger partial charge in [0.1, 0.15) is 0 Å². The van der Waals surface area contributed by atoms with Crippen LogP contribution in [-0.4, -0.2) is 13.1 Å². The second-order valence-electron chi connectivity index (χ2n) is 3.57. The van der Waals surface area contributed by atoms with E-state index in [1.54, 1.807) is 0 Å². The third kappa shape index (κ3) is 1.59. The van der Waals surface area contributed by atoms with Crippen molar-refractivity contribution in [3.05, 3.63) is 42.5 Å². The van der Waals surface area contributed by atoms with E-state index < -0.39 is 0 Å². The van der Waals surface area contributed by atoms with E-state index in [2.05, 4.69) is 23.6 Å². The van der Waals surface area contributed by atoms with Crippen LogP contribution in [0.2, 0.25) is 0 Å². The van der Waals surface area contributed by atoms with E-state index in [4.69, 9.17) is 1.37 Å². The standard InChI is InChI=1S/C12H15N/c1-10-8-13(9-11(10)2)12-6-4-3-5-7-12/h3-7,11H,1,8-9H2,2H3/i2D. The third-order valence-electron chi connectivity index (χ3n) is 2.53. The Bertz CT molecular complexity index is 320. The number of para-hydroxylation sites is 1. The normalized spacial score (nSPS) is 23.4. The van der Waals surface area contributed by atoms with Gasteiger partial charge in [-0.25, -0.2) is 0 Å². The van der Waals surface area contributed by atoms with Gasteiger partial charge >= 0.3 is 0 Å². The van der Waals surface area contributed by atoms with Crippen LogP contribution >= 0.6 is 0 Å². The maximum absolute atomic E-state index is 7.40. The van der Waals surface area contributed by atoms with Gasteiger partial charge in [-0.1, -0.05) is 37.3 Å². The molecule has 2 rings (SSSR count). The fraction of sp³-hybridized carbons (Fsp3) is 0.333. The van der Waals surface area contributed by atoms with Gasteiger partial charge in [0.05, 0.1) is 0 Å². The van der Waals surface area contributed by atoms with Crippen molar-refractivity contribution in [1.29, 1.82) is 0 Å². The van der Waals surface area contributed by atoms with E-state index in [-0.39, 0.29) is 0 Å². The summed E-state index contributed by atoms with van der Waals surface area (Å²) in [5, 5.41) is 0. The predicted octanol–water partition coefficient (Wildman–Crippen LogP) is 2.70. The maximum Gasteiger partial charge on any atom is 0.0389 e. The summed E-state index contributed by atoms with van der Waals surface area (Å²) in [4.78, 5) is 2.29. The molecule has 0 radical (unpaired) electrons. The highest BCUT2D eigenvalue weighted by atomic mass is 15.2. The Labute approximate surface area is 81.1 Å². The zero-order valence-corrected chi connectivity index (χ0v) is 7.74. The summed E-state index contributed by atoms with van der Waals surface area (Å²) in [7, 11) is 0. The molecule has 1 aliphatic heterocycles. The van der Waals surface area contributed by atoms with Gasteiger partial charge in [-0.05, 0) is 18.1 Å². The molecule has 1 aliphatic rings. The molecule has 1 fully saturated rings. The molecule has 0 N–H and O–H groups in total. The molecule has 1 aromatic carbocycles. The molecule has 0 saturated carbocycles. The summed E-state index contributed by atoms with van der Waals surface area (Å²) in [6, 6.07) is 10.3. The quantitative estimate of drug-likeness (QED) is 0.592. The predicted molar refractivity (Wildman–Crippen MR) is 57.0 cm³/mol. The average Bonchev–Trinajstić information content (AvgIpc) is 2.61. The topological polar surface area (TPSA) is 3.24 Å². The zero-order valence-electron chi connectivity index (χ0n) is 8.74. The summed E-state index contributed by atoms with van der Waals surface area (Å²) in [6.07, 6.45) is 0. The van der Waals surface area contributed by atoms with E-state index in [0.717, 1.165) is 13.1 Å². The second-order valence-corrected chi connectivity index (χ2v) is 3.57. The van der Waals surface area contributed by atoms with Crippen molar-refractivity contribution in [3.63, 3.8) is 0 Å². The highest BCUT2D eigenvalue weighted by Gasteiger charge is 2.21. The highest BCUT2D eigenvalue weighted by Crippen LogP contribution is 2.25. The van der Waals surface area contributed by atoms with Gasteiger partial charge in [0.2, 0.25) is 0 Å². The SMILES string of the molecule is [2H]CC1CN(c2ccccc2)CC1=C. The summed E-state index contributed by atoms with van der Waals surface area (Å²) < 4.78 is 7.40. The molecule has 1 heteroatoms. The van der Waals surface area contributed by atoms with Crippen LogP contribution in [0.1, 0.15) is 8.27 Å². The highest BCUT2D eigenvalue weighted by molar-refractivity contribution is 5.49. The Morgan fingerprint density at radius 1 is 1.46 bits per heavy atom. The fourth-order valence-electron chi connectivity index (χ4n) is 1.67. The van der Waals surface area contributed by atoms with Gasteiger partial charge in [0.25, 0.3) is 0 Å². The monoisotopic (exact) mass is 174 g/mol. The number of hydrogen-bond donors (Lipinski definition) is 0. The van der Waals surface area contributed by atoms with Gasteiger partial charge in [-0.15, -0.1) is 0 Å². The average molecular weight is 174 g/mol. The first-order valence-electron chi connectivity index (χ1n) is 5.29. The van der Waals surface area contributed by atoms with Gasteiger partial charge in [-0.2, -0.15) is 0 Å². The molecule has 0 spiro atoms. The molecule has 68 valence electrons. The van der Waals surface area contributed by atoms with Crippen LogP contribution in [0.15, 0.2) is 42.5 Å². The molecule has 1 saturated heterocycles. The van der Waals surface area contributed by atoms with E-state index in [0.29, 0.717) is 12.8 Å². The van der Waals surface area contributed by atoms with Crippen molar-refractivity contribution in [2.24, 2.45) is 5.92 Å². The minimum absolute atomic E-state index is 0.357. The lowest BCUT2D eigenvalue weighted by Crippen LogP contribution is -2.18. The number of anilines is 1. The van der Waals surface area contributed by atoms with Gasteiger partial charge < -0.3 is 4.90 Å². The van der Waals surface area contributed by atoms with Gasteiger partial charge in [0, 0.05) is 20.1 Å². The molecule has 1 unspecified atom stereocenters. The third-order valence-corrected chi connectivity index (χ3v) is 2.53. The molecule has 1 nitrogen and oxygen atoms in total. The van der Waals surface area contributed by atoms with E-state index >= 15 is 0 Å². The van der Waals surface area contributed by atoms with Crippen LogP contribution in [0.4, 0.5) is 5.69 Å². The van der Waals surface area contributed by atoms with Crippen LogP contribution in [0.5, 0.6) is 0 Å². The van der Waals surface area contributed by atoms with E-state index in [1.807, 2.05) is 18.2 Å². The number of benzene rings is 1. The molecule has 0 aliphatic carbocycles. The summed E-state index contributed by atoms with van der Waals surface area (Å²) in [5.74, 6) is 0.357. The summed E-state index contributed by atoms with van der Waals surface area (Å²) in [5.41, 5.74) is 2.44. The van der Waals surface area contributed by atoms with Crippen LogP contribution in [-0.2, 0) is 0 Å². The van der Waals surface area contributed by atoms with Crippen LogP contribution in [0, 0.1) is 5.92 Å². The molecular formula is C12H15N. The van der Waals surface area contributed by atoms with Crippen molar-refractivity contribution < 1.29 is 1.37 Å². The smallest absolute Gasteiger partial charge is 0.0389 e. The van der Waals surface area contributed by atoms with Crippen molar-refractivity contribution >= 4 is 5.69 Å². The molecule has 0 aromatic heterocycles. The van der Waals surface area contributed by atoms with Crippen molar-refractivity contribution in [2.75, 3.05) is 18.0 Å². The van der Waals surface area contributed by atoms with Crippen molar-refractivity contribution in [1.82, 2.24) is 0 Å². The lowest BCUT2D eigenvalue weighted by Gasteiger charge is -2.17. The molecule has 0 amide bonds. The first kappa shape index (κ1) is 7.19. The van der Waals surface area contributed by atoms with Crippen LogP contribution in [0.3, 0.4) is 0 Å². The van der Waals surface area contributed by atoms with Crippen LogP contribution < -0.4 is 4.90 Å². The largest absolute Gasteiger partial charge is 0.367 e. The Hall–Kier alpha value is -1.24.